The van der Waals surface area contributed by atoms with Crippen molar-refractivity contribution in [1.82, 2.24) is 0 Å². The van der Waals surface area contributed by atoms with Crippen LogP contribution in [0.4, 0.5) is 5.69 Å². The molecule has 2 N–H and O–H groups in total. The van der Waals surface area contributed by atoms with Crippen LogP contribution in [0.2, 0.25) is 19.6 Å². The van der Waals surface area contributed by atoms with Crippen LogP contribution in [0, 0.1) is 24.3 Å². The van der Waals surface area contributed by atoms with Gasteiger partial charge >= 0.3 is 0 Å². The molecule has 1 saturated carbocycles. The number of rotatable bonds is 2. The van der Waals surface area contributed by atoms with Gasteiger partial charge < -0.3 is 10.5 Å². The molecule has 0 bridgehead atoms. The summed E-state index contributed by atoms with van der Waals surface area (Å²) in [5, 5.41) is 0. The molecule has 2 aliphatic carbocycles. The number of hydrogen-bond donors (Lipinski definition) is 1. The van der Waals surface area contributed by atoms with E-state index in [9.17, 15) is 0 Å². The lowest BCUT2D eigenvalue weighted by molar-refractivity contribution is 0.346. The molecule has 1 fully saturated rings. The van der Waals surface area contributed by atoms with Gasteiger partial charge in [-0.05, 0) is 55.4 Å². The van der Waals surface area contributed by atoms with Gasteiger partial charge in [-0.15, -0.1) is 5.54 Å². The third kappa shape index (κ3) is 3.34. The van der Waals surface area contributed by atoms with Gasteiger partial charge in [-0.25, -0.2) is 0 Å². The SMILES string of the molecule is COc1c(C)c(N)c(C#C[Si](C)(C)C)c2c1C(C1CC1)CCC2(C)C. The Morgan fingerprint density at radius 3 is 2.32 bits per heavy atom. The first kappa shape index (κ1) is 18.4. The minimum absolute atomic E-state index is 0.0965. The summed E-state index contributed by atoms with van der Waals surface area (Å²) in [7, 11) is 0.324. The Morgan fingerprint density at radius 2 is 1.80 bits per heavy atom. The van der Waals surface area contributed by atoms with Gasteiger partial charge in [-0.2, -0.15) is 0 Å². The van der Waals surface area contributed by atoms with Crippen LogP contribution in [0.1, 0.15) is 67.7 Å². The van der Waals surface area contributed by atoms with E-state index in [1.54, 1.807) is 7.11 Å². The molecule has 2 aliphatic rings. The number of methoxy groups -OCH3 is 1. The molecule has 1 aromatic rings. The molecular weight excluding hydrogens is 322 g/mol. The highest BCUT2D eigenvalue weighted by atomic mass is 28.3. The molecule has 0 amide bonds. The molecule has 0 aromatic heterocycles. The minimum Gasteiger partial charge on any atom is -0.496 e. The van der Waals surface area contributed by atoms with Crippen LogP contribution in [0.25, 0.3) is 0 Å². The van der Waals surface area contributed by atoms with E-state index in [0.29, 0.717) is 5.92 Å². The monoisotopic (exact) mass is 355 g/mol. The lowest BCUT2D eigenvalue weighted by Crippen LogP contribution is -2.30. The number of nitrogens with two attached hydrogens (primary N) is 1. The molecule has 0 spiro atoms. The van der Waals surface area contributed by atoms with Crippen LogP contribution < -0.4 is 10.5 Å². The van der Waals surface area contributed by atoms with E-state index in [1.807, 2.05) is 0 Å². The van der Waals surface area contributed by atoms with Crippen molar-refractivity contribution in [2.45, 2.75) is 77.4 Å². The highest BCUT2D eigenvalue weighted by molar-refractivity contribution is 6.83. The first-order valence-corrected chi connectivity index (χ1v) is 13.1. The van der Waals surface area contributed by atoms with Gasteiger partial charge in [0.25, 0.3) is 0 Å². The summed E-state index contributed by atoms with van der Waals surface area (Å²) in [4.78, 5) is 0. The van der Waals surface area contributed by atoms with E-state index >= 15 is 0 Å². The second-order valence-electron chi connectivity index (χ2n) is 9.60. The summed E-state index contributed by atoms with van der Waals surface area (Å²) in [5.74, 6) is 6.00. The third-order valence-electron chi connectivity index (χ3n) is 5.86. The van der Waals surface area contributed by atoms with Gasteiger partial charge in [0.15, 0.2) is 0 Å². The maximum absolute atomic E-state index is 6.60. The topological polar surface area (TPSA) is 35.2 Å². The van der Waals surface area contributed by atoms with Crippen molar-refractivity contribution >= 4 is 13.8 Å². The van der Waals surface area contributed by atoms with Crippen LogP contribution in [0.5, 0.6) is 5.75 Å². The molecule has 1 atom stereocenters. The van der Waals surface area contributed by atoms with E-state index in [2.05, 4.69) is 51.9 Å². The Kier molecular flexibility index (Phi) is 4.48. The Hall–Kier alpha value is -1.40. The Morgan fingerprint density at radius 1 is 1.16 bits per heavy atom. The molecule has 1 aromatic carbocycles. The Balaban J connectivity index is 2.34. The second kappa shape index (κ2) is 6.09. The summed E-state index contributed by atoms with van der Waals surface area (Å²) in [6.45, 7) is 13.7. The predicted octanol–water partition coefficient (Wildman–Crippen LogP) is 5.38. The molecule has 3 rings (SSSR count). The number of hydrogen-bond acceptors (Lipinski definition) is 2. The van der Waals surface area contributed by atoms with Crippen molar-refractivity contribution < 1.29 is 4.74 Å². The van der Waals surface area contributed by atoms with Crippen molar-refractivity contribution in [3.63, 3.8) is 0 Å². The summed E-state index contributed by atoms with van der Waals surface area (Å²) in [6.07, 6.45) is 5.17. The highest BCUT2D eigenvalue weighted by Gasteiger charge is 2.44. The number of fused-ring (bicyclic) bond motifs is 1. The Labute approximate surface area is 154 Å². The number of anilines is 1. The van der Waals surface area contributed by atoms with Crippen LogP contribution in [-0.2, 0) is 5.41 Å². The van der Waals surface area contributed by atoms with Gasteiger partial charge in [0.05, 0.1) is 18.4 Å². The largest absolute Gasteiger partial charge is 0.496 e. The normalized spacial score (nSPS) is 22.0. The highest BCUT2D eigenvalue weighted by Crippen LogP contribution is 2.57. The maximum atomic E-state index is 6.60. The van der Waals surface area contributed by atoms with Gasteiger partial charge in [0.2, 0.25) is 0 Å². The fourth-order valence-corrected chi connectivity index (χ4v) is 4.85. The van der Waals surface area contributed by atoms with Gasteiger partial charge in [0.1, 0.15) is 13.8 Å². The van der Waals surface area contributed by atoms with Crippen LogP contribution in [0.3, 0.4) is 0 Å². The smallest absolute Gasteiger partial charge is 0.129 e. The molecule has 0 saturated heterocycles. The molecule has 0 heterocycles. The molecule has 0 radical (unpaired) electrons. The summed E-state index contributed by atoms with van der Waals surface area (Å²) in [6, 6.07) is 0. The molecule has 0 aliphatic heterocycles. The van der Waals surface area contributed by atoms with Gasteiger partial charge in [0, 0.05) is 11.1 Å². The quantitative estimate of drug-likeness (QED) is 0.439. The molecular formula is C22H33NOSi. The molecule has 1 unspecified atom stereocenters. The van der Waals surface area contributed by atoms with Crippen molar-refractivity contribution in [2.24, 2.45) is 5.92 Å². The lowest BCUT2D eigenvalue weighted by atomic mass is 9.65. The zero-order valence-electron chi connectivity index (χ0n) is 17.0. The van der Waals surface area contributed by atoms with Crippen molar-refractivity contribution in [3.8, 4) is 17.2 Å². The predicted molar refractivity (Wildman–Crippen MR) is 110 cm³/mol. The van der Waals surface area contributed by atoms with Gasteiger partial charge in [-0.1, -0.05) is 39.4 Å². The van der Waals surface area contributed by atoms with E-state index in [1.165, 1.54) is 36.8 Å². The second-order valence-corrected chi connectivity index (χ2v) is 14.4. The van der Waals surface area contributed by atoms with Crippen LogP contribution in [-0.4, -0.2) is 15.2 Å². The fourth-order valence-electron chi connectivity index (χ4n) is 4.35. The molecule has 3 heteroatoms. The van der Waals surface area contributed by atoms with Crippen LogP contribution in [0.15, 0.2) is 0 Å². The lowest BCUT2D eigenvalue weighted by Gasteiger charge is -2.40. The molecule has 136 valence electrons. The fraction of sp³-hybridized carbons (Fsp3) is 0.636. The standard InChI is InChI=1S/C22H33NOSi/c1-14-20(23)17(11-13-25(5,6)7)19-18(21(14)24-4)16(15-8-9-15)10-12-22(19,2)3/h15-16H,8-10,12,23H2,1-7H3. The summed E-state index contributed by atoms with van der Waals surface area (Å²) >= 11 is 0. The minimum atomic E-state index is -1.47. The van der Waals surface area contributed by atoms with Crippen molar-refractivity contribution in [2.75, 3.05) is 12.8 Å². The summed E-state index contributed by atoms with van der Waals surface area (Å²) in [5.41, 5.74) is 16.0. The van der Waals surface area contributed by atoms with Gasteiger partial charge in [-0.3, -0.25) is 0 Å². The van der Waals surface area contributed by atoms with Crippen LogP contribution >= 0.6 is 0 Å². The third-order valence-corrected chi connectivity index (χ3v) is 6.74. The average Bonchev–Trinajstić information content (AvgIpc) is 3.32. The average molecular weight is 356 g/mol. The molecule has 25 heavy (non-hydrogen) atoms. The Bertz CT molecular complexity index is 757. The number of benzene rings is 1. The van der Waals surface area contributed by atoms with E-state index in [-0.39, 0.29) is 5.41 Å². The van der Waals surface area contributed by atoms with E-state index in [4.69, 9.17) is 10.5 Å². The first-order chi connectivity index (χ1) is 11.6. The van der Waals surface area contributed by atoms with Crippen molar-refractivity contribution in [3.05, 3.63) is 22.3 Å². The zero-order valence-corrected chi connectivity index (χ0v) is 18.0. The van der Waals surface area contributed by atoms with E-state index < -0.39 is 8.07 Å². The molecule has 2 nitrogen and oxygen atoms in total. The first-order valence-electron chi connectivity index (χ1n) is 9.60. The maximum Gasteiger partial charge on any atom is 0.129 e. The number of ether oxygens (including phenoxy) is 1. The number of nitrogen functional groups attached to an aromatic ring is 1. The zero-order chi connectivity index (χ0) is 18.6. The van der Waals surface area contributed by atoms with Crippen molar-refractivity contribution in [1.29, 1.82) is 0 Å². The van der Waals surface area contributed by atoms with E-state index in [0.717, 1.165) is 28.5 Å². The summed E-state index contributed by atoms with van der Waals surface area (Å²) < 4.78 is 5.91.